The molecule has 0 aliphatic rings. The monoisotopic (exact) mass is 380 g/mol. The Balaban J connectivity index is 2.09. The Morgan fingerprint density at radius 2 is 2.04 bits per heavy atom. The number of nitro groups is 1. The number of pyridine rings is 1. The molecule has 128 valence electrons. The SMILES string of the molecule is Cc1cc(Nc2ncnc(N)c2[N+](=O)[O-])n(-c2ncc(Cl)cc2Cl)n1. The highest BCUT2D eigenvalue weighted by Crippen LogP contribution is 2.31. The van der Waals surface area contributed by atoms with Crippen LogP contribution in [0.15, 0.2) is 24.7 Å². The molecule has 0 atom stereocenters. The lowest BCUT2D eigenvalue weighted by atomic mass is 10.4. The van der Waals surface area contributed by atoms with Crippen molar-refractivity contribution in [3.8, 4) is 5.82 Å². The molecule has 0 bridgehead atoms. The van der Waals surface area contributed by atoms with Gasteiger partial charge >= 0.3 is 5.69 Å². The van der Waals surface area contributed by atoms with Crippen LogP contribution in [0, 0.1) is 17.0 Å². The summed E-state index contributed by atoms with van der Waals surface area (Å²) in [5.41, 5.74) is 5.75. The highest BCUT2D eigenvalue weighted by Gasteiger charge is 2.23. The lowest BCUT2D eigenvalue weighted by Gasteiger charge is -2.10. The first kappa shape index (κ1) is 16.9. The Morgan fingerprint density at radius 1 is 1.28 bits per heavy atom. The molecule has 12 heteroatoms. The van der Waals surface area contributed by atoms with Gasteiger partial charge in [0.1, 0.15) is 12.1 Å². The molecular formula is C13H10Cl2N8O2. The van der Waals surface area contributed by atoms with E-state index in [1.807, 2.05) is 0 Å². The number of halogens is 2. The van der Waals surface area contributed by atoms with Gasteiger partial charge in [-0.05, 0) is 13.0 Å². The minimum atomic E-state index is -0.668. The molecule has 0 radical (unpaired) electrons. The van der Waals surface area contributed by atoms with Gasteiger partial charge < -0.3 is 11.1 Å². The van der Waals surface area contributed by atoms with Crippen molar-refractivity contribution in [2.75, 3.05) is 11.1 Å². The zero-order valence-corrected chi connectivity index (χ0v) is 14.2. The smallest absolute Gasteiger partial charge is 0.353 e. The van der Waals surface area contributed by atoms with Gasteiger partial charge in [-0.2, -0.15) is 9.78 Å². The van der Waals surface area contributed by atoms with Crippen LogP contribution in [-0.4, -0.2) is 29.7 Å². The van der Waals surface area contributed by atoms with E-state index in [2.05, 4.69) is 25.4 Å². The topological polar surface area (TPSA) is 138 Å². The summed E-state index contributed by atoms with van der Waals surface area (Å²) in [6.07, 6.45) is 2.53. The molecule has 0 fully saturated rings. The molecule has 0 amide bonds. The van der Waals surface area contributed by atoms with E-state index >= 15 is 0 Å². The van der Waals surface area contributed by atoms with E-state index < -0.39 is 10.6 Å². The van der Waals surface area contributed by atoms with Crippen molar-refractivity contribution >= 4 is 46.3 Å². The average Bonchev–Trinajstić information content (AvgIpc) is 2.87. The molecule has 3 heterocycles. The summed E-state index contributed by atoms with van der Waals surface area (Å²) in [5, 5.41) is 19.0. The fourth-order valence-corrected chi connectivity index (χ4v) is 2.56. The van der Waals surface area contributed by atoms with Gasteiger partial charge in [0.25, 0.3) is 0 Å². The van der Waals surface area contributed by atoms with Crippen molar-refractivity contribution in [2.45, 2.75) is 6.92 Å². The first-order valence-electron chi connectivity index (χ1n) is 6.77. The summed E-state index contributed by atoms with van der Waals surface area (Å²) in [5.74, 6) is 0.318. The van der Waals surface area contributed by atoms with Gasteiger partial charge in [-0.1, -0.05) is 23.2 Å². The minimum absolute atomic E-state index is 0.0799. The summed E-state index contributed by atoms with van der Waals surface area (Å²) in [4.78, 5) is 22.2. The maximum atomic E-state index is 11.2. The second-order valence-electron chi connectivity index (χ2n) is 4.88. The number of nitrogens with two attached hydrogens (primary N) is 1. The third-order valence-electron chi connectivity index (χ3n) is 3.10. The number of anilines is 3. The summed E-state index contributed by atoms with van der Waals surface area (Å²) in [6.45, 7) is 1.74. The molecule has 25 heavy (non-hydrogen) atoms. The van der Waals surface area contributed by atoms with Crippen LogP contribution in [0.4, 0.5) is 23.1 Å². The fraction of sp³-hybridized carbons (Fsp3) is 0.0769. The number of hydrogen-bond acceptors (Lipinski definition) is 8. The maximum absolute atomic E-state index is 11.2. The third kappa shape index (κ3) is 3.30. The summed E-state index contributed by atoms with van der Waals surface area (Å²) in [6, 6.07) is 3.16. The lowest BCUT2D eigenvalue weighted by molar-refractivity contribution is -0.383. The zero-order chi connectivity index (χ0) is 18.1. The first-order chi connectivity index (χ1) is 11.9. The number of hydrogen-bond donors (Lipinski definition) is 2. The molecule has 0 unspecified atom stereocenters. The number of aromatic nitrogens is 5. The standard InChI is InChI=1S/C13H10Cl2N8O2/c1-6-2-9(20-12-10(23(24)25)11(16)18-5-19-12)22(21-6)13-8(15)3-7(14)4-17-13/h2-5H,1H3,(H3,16,18,19,20). The quantitative estimate of drug-likeness (QED) is 0.520. The Labute approximate surface area is 150 Å². The summed E-state index contributed by atoms with van der Waals surface area (Å²) in [7, 11) is 0. The van der Waals surface area contributed by atoms with E-state index in [0.717, 1.165) is 6.33 Å². The second kappa shape index (κ2) is 6.49. The largest absolute Gasteiger partial charge is 0.378 e. The lowest BCUT2D eigenvalue weighted by Crippen LogP contribution is -2.09. The maximum Gasteiger partial charge on any atom is 0.353 e. The third-order valence-corrected chi connectivity index (χ3v) is 3.59. The van der Waals surface area contributed by atoms with Crippen molar-refractivity contribution in [2.24, 2.45) is 0 Å². The van der Waals surface area contributed by atoms with Gasteiger partial charge in [0.05, 0.1) is 20.7 Å². The molecule has 0 aliphatic carbocycles. The normalized spacial score (nSPS) is 10.7. The van der Waals surface area contributed by atoms with Gasteiger partial charge in [0.15, 0.2) is 5.82 Å². The molecule has 0 saturated carbocycles. The van der Waals surface area contributed by atoms with Crippen LogP contribution in [0.25, 0.3) is 5.82 Å². The molecule has 0 aromatic carbocycles. The van der Waals surface area contributed by atoms with Crippen LogP contribution in [-0.2, 0) is 0 Å². The summed E-state index contributed by atoms with van der Waals surface area (Å²) >= 11 is 12.0. The van der Waals surface area contributed by atoms with Crippen molar-refractivity contribution in [1.82, 2.24) is 24.7 Å². The van der Waals surface area contributed by atoms with E-state index in [-0.39, 0.29) is 16.7 Å². The Morgan fingerprint density at radius 3 is 2.72 bits per heavy atom. The molecule has 3 aromatic heterocycles. The van der Waals surface area contributed by atoms with Crippen LogP contribution in [0.3, 0.4) is 0 Å². The van der Waals surface area contributed by atoms with Gasteiger partial charge in [-0.3, -0.25) is 10.1 Å². The molecule has 10 nitrogen and oxygen atoms in total. The zero-order valence-electron chi connectivity index (χ0n) is 12.6. The van der Waals surface area contributed by atoms with Crippen LogP contribution < -0.4 is 11.1 Å². The minimum Gasteiger partial charge on any atom is -0.378 e. The van der Waals surface area contributed by atoms with Crippen molar-refractivity contribution in [1.29, 1.82) is 0 Å². The highest BCUT2D eigenvalue weighted by atomic mass is 35.5. The van der Waals surface area contributed by atoms with E-state index in [1.54, 1.807) is 13.0 Å². The Hall–Kier alpha value is -2.98. The van der Waals surface area contributed by atoms with Crippen molar-refractivity contribution in [3.05, 3.63) is 50.5 Å². The van der Waals surface area contributed by atoms with E-state index in [0.29, 0.717) is 22.4 Å². The number of nitrogen functional groups attached to an aromatic ring is 1. The molecule has 3 rings (SSSR count). The van der Waals surface area contributed by atoms with Gasteiger partial charge in [0.2, 0.25) is 11.6 Å². The predicted molar refractivity (Wildman–Crippen MR) is 92.5 cm³/mol. The van der Waals surface area contributed by atoms with Crippen LogP contribution in [0.5, 0.6) is 0 Å². The molecule has 0 spiro atoms. The number of nitrogens with one attached hydrogen (secondary N) is 1. The van der Waals surface area contributed by atoms with Gasteiger partial charge in [-0.15, -0.1) is 0 Å². The van der Waals surface area contributed by atoms with Gasteiger partial charge in [-0.25, -0.2) is 15.0 Å². The van der Waals surface area contributed by atoms with E-state index in [9.17, 15) is 10.1 Å². The predicted octanol–water partition coefficient (Wildman–Crippen LogP) is 2.91. The van der Waals surface area contributed by atoms with Gasteiger partial charge in [0, 0.05) is 12.3 Å². The number of nitrogens with zero attached hydrogens (tertiary/aromatic N) is 6. The van der Waals surface area contributed by atoms with E-state index in [4.69, 9.17) is 28.9 Å². The van der Waals surface area contributed by atoms with Crippen molar-refractivity contribution in [3.63, 3.8) is 0 Å². The second-order valence-corrected chi connectivity index (χ2v) is 5.72. The Kier molecular flexibility index (Phi) is 4.38. The molecular weight excluding hydrogens is 371 g/mol. The average molecular weight is 381 g/mol. The van der Waals surface area contributed by atoms with Crippen LogP contribution in [0.1, 0.15) is 5.69 Å². The highest BCUT2D eigenvalue weighted by molar-refractivity contribution is 6.35. The number of rotatable bonds is 4. The number of aryl methyl sites for hydroxylation is 1. The first-order valence-corrected chi connectivity index (χ1v) is 7.52. The fourth-order valence-electron chi connectivity index (χ4n) is 2.10. The molecule has 0 aliphatic heterocycles. The summed E-state index contributed by atoms with van der Waals surface area (Å²) < 4.78 is 1.38. The molecule has 3 aromatic rings. The molecule has 0 saturated heterocycles. The molecule has 3 N–H and O–H groups in total. The Bertz CT molecular complexity index is 975. The van der Waals surface area contributed by atoms with Crippen LogP contribution >= 0.6 is 23.2 Å². The van der Waals surface area contributed by atoms with Crippen molar-refractivity contribution < 1.29 is 4.92 Å². The van der Waals surface area contributed by atoms with Crippen LogP contribution in [0.2, 0.25) is 10.0 Å². The van der Waals surface area contributed by atoms with E-state index in [1.165, 1.54) is 16.9 Å².